The maximum Gasteiger partial charge on any atom is -0.0141 e. The Kier molecular flexibility index (Phi) is 4.27. The van der Waals surface area contributed by atoms with Gasteiger partial charge in [-0.25, -0.2) is 0 Å². The monoisotopic (exact) mass is 230 g/mol. The smallest absolute Gasteiger partial charge is 0.0141 e. The highest BCUT2D eigenvalue weighted by atomic mass is 31.1. The van der Waals surface area contributed by atoms with E-state index in [1.807, 2.05) is 0 Å². The van der Waals surface area contributed by atoms with Crippen molar-refractivity contribution in [3.8, 4) is 0 Å². The van der Waals surface area contributed by atoms with Crippen LogP contribution in [0.3, 0.4) is 0 Å². The predicted octanol–water partition coefficient (Wildman–Crippen LogP) is 4.31. The Morgan fingerprint density at radius 1 is 1.07 bits per heavy atom. The Hall–Kier alpha value is 0.860. The van der Waals surface area contributed by atoms with Gasteiger partial charge in [-0.05, 0) is 62.2 Å². The lowest BCUT2D eigenvalue weighted by Gasteiger charge is -2.29. The fourth-order valence-corrected chi connectivity index (χ4v) is 10.1. The molecule has 14 heavy (non-hydrogen) atoms. The van der Waals surface area contributed by atoms with E-state index in [4.69, 9.17) is 0 Å². The van der Waals surface area contributed by atoms with Crippen molar-refractivity contribution in [1.82, 2.24) is 0 Å². The van der Waals surface area contributed by atoms with E-state index in [9.17, 15) is 0 Å². The summed E-state index contributed by atoms with van der Waals surface area (Å²) in [7, 11) is 0.909. The van der Waals surface area contributed by atoms with Crippen LogP contribution >= 0.6 is 15.8 Å². The summed E-state index contributed by atoms with van der Waals surface area (Å²) in [5.41, 5.74) is 2.41. The summed E-state index contributed by atoms with van der Waals surface area (Å²) in [6.07, 6.45) is 12.5. The second-order valence-corrected chi connectivity index (χ2v) is 10.3. The van der Waals surface area contributed by atoms with Gasteiger partial charge < -0.3 is 0 Å². The molecule has 0 aliphatic carbocycles. The molecule has 82 valence electrons. The van der Waals surface area contributed by atoms with Crippen molar-refractivity contribution >= 4 is 15.8 Å². The van der Waals surface area contributed by atoms with Crippen LogP contribution in [0.5, 0.6) is 0 Å². The molecule has 0 radical (unpaired) electrons. The fourth-order valence-electron chi connectivity index (χ4n) is 3.27. The van der Waals surface area contributed by atoms with E-state index in [1.165, 1.54) is 17.7 Å². The summed E-state index contributed by atoms with van der Waals surface area (Å²) in [5, 5.41) is 0. The van der Waals surface area contributed by atoms with E-state index < -0.39 is 0 Å². The highest BCUT2D eigenvalue weighted by Gasteiger charge is 2.37. The molecular formula is C12H24P2. The average molecular weight is 230 g/mol. The number of hydrogen-bond acceptors (Lipinski definition) is 0. The van der Waals surface area contributed by atoms with Crippen molar-refractivity contribution in [2.24, 2.45) is 0 Å². The van der Waals surface area contributed by atoms with Crippen molar-refractivity contribution in [1.29, 1.82) is 0 Å². The summed E-state index contributed by atoms with van der Waals surface area (Å²) >= 11 is 0. The lowest BCUT2D eigenvalue weighted by Crippen LogP contribution is -2.18. The SMILES string of the molecule is CCC[P@@]1CCC[C@@H]1[C@H]1CCC[P@]1C. The van der Waals surface area contributed by atoms with E-state index in [0.29, 0.717) is 15.8 Å². The minimum Gasteiger partial charge on any atom is -0.106 e. The minimum absolute atomic E-state index is 0.439. The topological polar surface area (TPSA) is 0 Å². The zero-order valence-electron chi connectivity index (χ0n) is 9.71. The quantitative estimate of drug-likeness (QED) is 0.633. The van der Waals surface area contributed by atoms with Gasteiger partial charge in [-0.3, -0.25) is 0 Å². The van der Waals surface area contributed by atoms with Gasteiger partial charge in [0.05, 0.1) is 0 Å². The standard InChI is InChI=1S/C12H24P2/c1-3-8-14-10-5-7-12(14)11-6-4-9-13(11)2/h11-12H,3-10H2,1-2H3/t11-,12-,13+,14+/m1/s1. The molecule has 0 spiro atoms. The first-order valence-electron chi connectivity index (χ1n) is 6.27. The molecule has 0 unspecified atom stereocenters. The molecule has 0 N–H and O–H groups in total. The van der Waals surface area contributed by atoms with Gasteiger partial charge in [0.15, 0.2) is 0 Å². The van der Waals surface area contributed by atoms with E-state index >= 15 is 0 Å². The molecule has 2 rings (SSSR count). The Labute approximate surface area is 91.7 Å². The van der Waals surface area contributed by atoms with Gasteiger partial charge in [-0.15, -0.1) is 15.8 Å². The summed E-state index contributed by atoms with van der Waals surface area (Å²) in [6, 6.07) is 0. The molecule has 0 saturated carbocycles. The zero-order valence-corrected chi connectivity index (χ0v) is 11.5. The maximum absolute atomic E-state index is 2.57. The third kappa shape index (κ3) is 2.33. The summed E-state index contributed by atoms with van der Waals surface area (Å²) in [5.74, 6) is 0. The third-order valence-corrected chi connectivity index (χ3v) is 10.4. The molecule has 4 atom stereocenters. The van der Waals surface area contributed by atoms with Gasteiger partial charge in [-0.2, -0.15) is 0 Å². The first-order chi connectivity index (χ1) is 6.83. The normalized spacial score (nSPS) is 43.3. The molecule has 0 nitrogen and oxygen atoms in total. The van der Waals surface area contributed by atoms with Gasteiger partial charge in [0, 0.05) is 0 Å². The summed E-state index contributed by atoms with van der Waals surface area (Å²) in [4.78, 5) is 0. The Morgan fingerprint density at radius 2 is 1.79 bits per heavy atom. The van der Waals surface area contributed by atoms with E-state index in [0.717, 1.165) is 0 Å². The van der Waals surface area contributed by atoms with Crippen molar-refractivity contribution in [2.45, 2.75) is 50.3 Å². The van der Waals surface area contributed by atoms with Crippen LogP contribution in [0.25, 0.3) is 0 Å². The molecule has 0 amide bonds. The van der Waals surface area contributed by atoms with Gasteiger partial charge in [0.1, 0.15) is 0 Å². The lowest BCUT2D eigenvalue weighted by molar-refractivity contribution is 0.695. The summed E-state index contributed by atoms with van der Waals surface area (Å²) < 4.78 is 0. The second kappa shape index (κ2) is 5.27. The average Bonchev–Trinajstić information content (AvgIpc) is 2.74. The fraction of sp³-hybridized carbons (Fsp3) is 1.00. The third-order valence-electron chi connectivity index (χ3n) is 3.95. The largest absolute Gasteiger partial charge is 0.106 e. The van der Waals surface area contributed by atoms with Crippen LogP contribution in [0, 0.1) is 0 Å². The Morgan fingerprint density at radius 3 is 2.43 bits per heavy atom. The molecule has 0 bridgehead atoms. The van der Waals surface area contributed by atoms with Crippen LogP contribution in [-0.2, 0) is 0 Å². The van der Waals surface area contributed by atoms with Crippen LogP contribution in [0.2, 0.25) is 0 Å². The van der Waals surface area contributed by atoms with E-state index in [1.54, 1.807) is 44.2 Å². The van der Waals surface area contributed by atoms with Crippen molar-refractivity contribution in [3.05, 3.63) is 0 Å². The first kappa shape index (κ1) is 11.3. The first-order valence-corrected chi connectivity index (χ1v) is 10.1. The Balaban J connectivity index is 1.94. The van der Waals surface area contributed by atoms with E-state index in [-0.39, 0.29) is 0 Å². The predicted molar refractivity (Wildman–Crippen MR) is 70.7 cm³/mol. The van der Waals surface area contributed by atoms with Crippen molar-refractivity contribution in [3.63, 3.8) is 0 Å². The summed E-state index contributed by atoms with van der Waals surface area (Å²) in [6.45, 7) is 4.95. The Bertz CT molecular complexity index is 181. The molecule has 2 heteroatoms. The highest BCUT2D eigenvalue weighted by Crippen LogP contribution is 2.61. The van der Waals surface area contributed by atoms with Gasteiger partial charge >= 0.3 is 0 Å². The highest BCUT2D eigenvalue weighted by molar-refractivity contribution is 7.62. The molecule has 0 aromatic carbocycles. The van der Waals surface area contributed by atoms with Crippen LogP contribution in [0.1, 0.15) is 39.0 Å². The molecular weight excluding hydrogens is 206 g/mol. The molecule has 0 aromatic rings. The van der Waals surface area contributed by atoms with E-state index in [2.05, 4.69) is 13.6 Å². The lowest BCUT2D eigenvalue weighted by atomic mass is 10.1. The molecule has 2 fully saturated rings. The van der Waals surface area contributed by atoms with Gasteiger partial charge in [0.2, 0.25) is 0 Å². The number of hydrogen-bond donors (Lipinski definition) is 0. The van der Waals surface area contributed by atoms with Crippen LogP contribution in [0.4, 0.5) is 0 Å². The molecule has 2 aliphatic rings. The van der Waals surface area contributed by atoms with Crippen LogP contribution in [-0.4, -0.2) is 36.5 Å². The van der Waals surface area contributed by atoms with Crippen molar-refractivity contribution in [2.75, 3.05) is 25.2 Å². The molecule has 2 aliphatic heterocycles. The van der Waals surface area contributed by atoms with Crippen molar-refractivity contribution < 1.29 is 0 Å². The number of rotatable bonds is 3. The van der Waals surface area contributed by atoms with Gasteiger partial charge in [0.25, 0.3) is 0 Å². The van der Waals surface area contributed by atoms with Gasteiger partial charge in [-0.1, -0.05) is 13.3 Å². The molecule has 0 aromatic heterocycles. The maximum atomic E-state index is 2.57. The minimum atomic E-state index is 0.439. The zero-order chi connectivity index (χ0) is 9.97. The second-order valence-electron chi connectivity index (χ2n) is 4.94. The molecule has 2 saturated heterocycles. The molecule has 2 heterocycles. The van der Waals surface area contributed by atoms with Crippen LogP contribution in [0.15, 0.2) is 0 Å². The van der Waals surface area contributed by atoms with Crippen LogP contribution < -0.4 is 0 Å².